The molecule has 0 saturated carbocycles. The van der Waals surface area contributed by atoms with Gasteiger partial charge in [0.05, 0.1) is 25.9 Å². The van der Waals surface area contributed by atoms with E-state index in [9.17, 15) is 0 Å². The fraction of sp³-hybridized carbons (Fsp3) is 0.263. The van der Waals surface area contributed by atoms with Gasteiger partial charge in [-0.1, -0.05) is 17.3 Å². The fourth-order valence-corrected chi connectivity index (χ4v) is 2.92. The Labute approximate surface area is 146 Å². The standard InChI is InChI=1S/C19H19N3O3/c1-23-15-8-6-14(7-9-15)18-20-19(25-21-18)16-4-2-3-5-17(16)22-10-12-24-13-11-22/h2-9H,10-13H2,1H3. The number of para-hydroxylation sites is 1. The molecule has 0 bridgehead atoms. The van der Waals surface area contributed by atoms with Gasteiger partial charge in [-0.25, -0.2) is 0 Å². The van der Waals surface area contributed by atoms with Crippen LogP contribution in [-0.2, 0) is 4.74 Å². The third kappa shape index (κ3) is 3.21. The Balaban J connectivity index is 1.65. The molecule has 0 atom stereocenters. The van der Waals surface area contributed by atoms with Crippen LogP contribution in [0.3, 0.4) is 0 Å². The second-order valence-electron chi connectivity index (χ2n) is 5.77. The highest BCUT2D eigenvalue weighted by Gasteiger charge is 2.19. The third-order valence-electron chi connectivity index (χ3n) is 4.26. The van der Waals surface area contributed by atoms with E-state index in [4.69, 9.17) is 14.0 Å². The van der Waals surface area contributed by atoms with Crippen molar-refractivity contribution in [2.24, 2.45) is 0 Å². The molecule has 6 heteroatoms. The van der Waals surface area contributed by atoms with E-state index in [2.05, 4.69) is 21.1 Å². The first kappa shape index (κ1) is 15.7. The SMILES string of the molecule is COc1ccc(-c2noc(-c3ccccc3N3CCOCC3)n2)cc1. The molecule has 0 N–H and O–H groups in total. The van der Waals surface area contributed by atoms with E-state index in [-0.39, 0.29) is 0 Å². The number of ether oxygens (including phenoxy) is 2. The lowest BCUT2D eigenvalue weighted by Gasteiger charge is -2.29. The first-order chi connectivity index (χ1) is 12.3. The van der Waals surface area contributed by atoms with Crippen molar-refractivity contribution in [3.8, 4) is 28.6 Å². The van der Waals surface area contributed by atoms with E-state index in [1.807, 2.05) is 42.5 Å². The monoisotopic (exact) mass is 337 g/mol. The number of hydrogen-bond donors (Lipinski definition) is 0. The number of nitrogens with zero attached hydrogens (tertiary/aromatic N) is 3. The Morgan fingerprint density at radius 1 is 1.00 bits per heavy atom. The molecule has 3 aromatic rings. The molecule has 6 nitrogen and oxygen atoms in total. The minimum Gasteiger partial charge on any atom is -0.497 e. The quantitative estimate of drug-likeness (QED) is 0.728. The summed E-state index contributed by atoms with van der Waals surface area (Å²) in [4.78, 5) is 6.87. The molecular formula is C19H19N3O3. The molecule has 128 valence electrons. The average Bonchev–Trinajstić information content (AvgIpc) is 3.19. The number of aromatic nitrogens is 2. The normalized spacial score (nSPS) is 14.5. The van der Waals surface area contributed by atoms with Crippen molar-refractivity contribution in [3.05, 3.63) is 48.5 Å². The van der Waals surface area contributed by atoms with Crippen molar-refractivity contribution in [1.82, 2.24) is 10.1 Å². The predicted octanol–water partition coefficient (Wildman–Crippen LogP) is 3.25. The zero-order chi connectivity index (χ0) is 17.1. The van der Waals surface area contributed by atoms with Gasteiger partial charge in [-0.15, -0.1) is 0 Å². The second-order valence-corrected chi connectivity index (χ2v) is 5.77. The van der Waals surface area contributed by atoms with Crippen LogP contribution in [0, 0.1) is 0 Å². The van der Waals surface area contributed by atoms with Gasteiger partial charge in [0.2, 0.25) is 5.82 Å². The zero-order valence-corrected chi connectivity index (χ0v) is 14.0. The van der Waals surface area contributed by atoms with Crippen LogP contribution in [0.4, 0.5) is 5.69 Å². The molecule has 4 rings (SSSR count). The summed E-state index contributed by atoms with van der Waals surface area (Å²) in [5.74, 6) is 1.88. The van der Waals surface area contributed by atoms with Crippen molar-refractivity contribution in [2.45, 2.75) is 0 Å². The number of morpholine rings is 1. The van der Waals surface area contributed by atoms with E-state index in [1.165, 1.54) is 0 Å². The fourth-order valence-electron chi connectivity index (χ4n) is 2.92. The van der Waals surface area contributed by atoms with Crippen molar-refractivity contribution in [2.75, 3.05) is 38.3 Å². The summed E-state index contributed by atoms with van der Waals surface area (Å²) in [6.45, 7) is 3.18. The summed E-state index contributed by atoms with van der Waals surface area (Å²) >= 11 is 0. The van der Waals surface area contributed by atoms with Crippen LogP contribution < -0.4 is 9.64 Å². The van der Waals surface area contributed by atoms with E-state index >= 15 is 0 Å². The molecule has 1 aliphatic rings. The van der Waals surface area contributed by atoms with E-state index in [0.29, 0.717) is 11.7 Å². The summed E-state index contributed by atoms with van der Waals surface area (Å²) in [5, 5.41) is 4.13. The van der Waals surface area contributed by atoms with Crippen LogP contribution in [0.15, 0.2) is 53.1 Å². The maximum Gasteiger partial charge on any atom is 0.260 e. The lowest BCUT2D eigenvalue weighted by atomic mass is 10.1. The number of methoxy groups -OCH3 is 1. The van der Waals surface area contributed by atoms with Gasteiger partial charge in [-0.3, -0.25) is 0 Å². The maximum atomic E-state index is 5.54. The van der Waals surface area contributed by atoms with Crippen molar-refractivity contribution >= 4 is 5.69 Å². The van der Waals surface area contributed by atoms with Crippen LogP contribution in [0.5, 0.6) is 5.75 Å². The number of benzene rings is 2. The van der Waals surface area contributed by atoms with Crippen LogP contribution >= 0.6 is 0 Å². The van der Waals surface area contributed by atoms with Gasteiger partial charge in [-0.05, 0) is 36.4 Å². The minimum absolute atomic E-state index is 0.521. The van der Waals surface area contributed by atoms with Gasteiger partial charge >= 0.3 is 0 Å². The van der Waals surface area contributed by atoms with Crippen LogP contribution in [0.25, 0.3) is 22.8 Å². The van der Waals surface area contributed by atoms with Crippen LogP contribution in [-0.4, -0.2) is 43.6 Å². The van der Waals surface area contributed by atoms with Gasteiger partial charge in [0.25, 0.3) is 5.89 Å². The maximum absolute atomic E-state index is 5.54. The molecule has 1 saturated heterocycles. The molecule has 1 aliphatic heterocycles. The average molecular weight is 337 g/mol. The first-order valence-electron chi connectivity index (χ1n) is 8.25. The Morgan fingerprint density at radius 2 is 1.76 bits per heavy atom. The summed E-state index contributed by atoms with van der Waals surface area (Å²) in [6.07, 6.45) is 0. The Bertz CT molecular complexity index is 839. The molecule has 0 spiro atoms. The highest BCUT2D eigenvalue weighted by Crippen LogP contribution is 2.31. The predicted molar refractivity (Wildman–Crippen MR) is 94.8 cm³/mol. The van der Waals surface area contributed by atoms with Gasteiger partial charge in [0.15, 0.2) is 0 Å². The van der Waals surface area contributed by atoms with Gasteiger partial charge in [-0.2, -0.15) is 4.98 Å². The zero-order valence-electron chi connectivity index (χ0n) is 14.0. The largest absolute Gasteiger partial charge is 0.497 e. The molecule has 0 radical (unpaired) electrons. The Hall–Kier alpha value is -2.86. The molecular weight excluding hydrogens is 318 g/mol. The highest BCUT2D eigenvalue weighted by molar-refractivity contribution is 5.74. The minimum atomic E-state index is 0.521. The third-order valence-corrected chi connectivity index (χ3v) is 4.26. The second kappa shape index (κ2) is 6.94. The Kier molecular flexibility index (Phi) is 4.35. The van der Waals surface area contributed by atoms with Crippen molar-refractivity contribution in [1.29, 1.82) is 0 Å². The van der Waals surface area contributed by atoms with Crippen LogP contribution in [0.1, 0.15) is 0 Å². The first-order valence-corrected chi connectivity index (χ1v) is 8.25. The molecule has 0 amide bonds. The van der Waals surface area contributed by atoms with Crippen molar-refractivity contribution in [3.63, 3.8) is 0 Å². The molecule has 25 heavy (non-hydrogen) atoms. The van der Waals surface area contributed by atoms with Crippen molar-refractivity contribution < 1.29 is 14.0 Å². The summed E-state index contributed by atoms with van der Waals surface area (Å²) in [5.41, 5.74) is 2.92. The number of rotatable bonds is 4. The molecule has 0 aliphatic carbocycles. The van der Waals surface area contributed by atoms with Gasteiger partial charge in [0, 0.05) is 24.3 Å². The number of anilines is 1. The van der Waals surface area contributed by atoms with E-state index < -0.39 is 0 Å². The summed E-state index contributed by atoms with van der Waals surface area (Å²) < 4.78 is 16.2. The number of hydrogen-bond acceptors (Lipinski definition) is 6. The van der Waals surface area contributed by atoms with E-state index in [0.717, 1.165) is 48.9 Å². The molecule has 2 aromatic carbocycles. The molecule has 0 unspecified atom stereocenters. The summed E-state index contributed by atoms with van der Waals surface area (Å²) in [7, 11) is 1.64. The topological polar surface area (TPSA) is 60.6 Å². The van der Waals surface area contributed by atoms with Crippen LogP contribution in [0.2, 0.25) is 0 Å². The smallest absolute Gasteiger partial charge is 0.260 e. The lowest BCUT2D eigenvalue weighted by Crippen LogP contribution is -2.36. The Morgan fingerprint density at radius 3 is 2.52 bits per heavy atom. The van der Waals surface area contributed by atoms with Gasteiger partial charge < -0.3 is 18.9 Å². The van der Waals surface area contributed by atoms with E-state index in [1.54, 1.807) is 7.11 Å². The lowest BCUT2D eigenvalue weighted by molar-refractivity contribution is 0.122. The molecule has 1 fully saturated rings. The van der Waals surface area contributed by atoms with Gasteiger partial charge in [0.1, 0.15) is 5.75 Å². The summed E-state index contributed by atoms with van der Waals surface area (Å²) in [6, 6.07) is 15.7. The molecule has 1 aromatic heterocycles. The molecule has 2 heterocycles. The highest BCUT2D eigenvalue weighted by atomic mass is 16.5.